The molecule has 0 aliphatic carbocycles. The van der Waals surface area contributed by atoms with Crippen LogP contribution in [-0.4, -0.2) is 41.3 Å². The zero-order valence-corrected chi connectivity index (χ0v) is 13.0. The number of piperidine rings is 1. The van der Waals surface area contributed by atoms with E-state index in [1.54, 1.807) is 0 Å². The van der Waals surface area contributed by atoms with E-state index in [4.69, 9.17) is 9.26 Å². The summed E-state index contributed by atoms with van der Waals surface area (Å²) >= 11 is 1.89. The Kier molecular flexibility index (Phi) is 4.33. The fraction of sp³-hybridized carbons (Fsp3) is 0.857. The lowest BCUT2D eigenvalue weighted by Crippen LogP contribution is -2.41. The average Bonchev–Trinajstić information content (AvgIpc) is 3.00. The lowest BCUT2D eigenvalue weighted by atomic mass is 9.75. The van der Waals surface area contributed by atoms with Crippen LogP contribution in [0.4, 0.5) is 0 Å². The molecule has 0 aromatic carbocycles. The summed E-state index contributed by atoms with van der Waals surface area (Å²) in [6.07, 6.45) is 2.43. The molecular formula is C14H23N3O2S. The summed E-state index contributed by atoms with van der Waals surface area (Å²) in [5, 5.41) is 7.62. The normalized spacial score (nSPS) is 28.5. The molecule has 3 rings (SSSR count). The highest BCUT2D eigenvalue weighted by Gasteiger charge is 2.38. The molecule has 6 heteroatoms. The predicted molar refractivity (Wildman–Crippen MR) is 78.9 cm³/mol. The quantitative estimate of drug-likeness (QED) is 0.922. The van der Waals surface area contributed by atoms with Gasteiger partial charge in [0.05, 0.1) is 6.61 Å². The third-order valence-corrected chi connectivity index (χ3v) is 5.41. The Bertz CT molecular complexity index is 437. The van der Waals surface area contributed by atoms with Gasteiger partial charge in [0.1, 0.15) is 6.10 Å². The van der Waals surface area contributed by atoms with Gasteiger partial charge >= 0.3 is 0 Å². The van der Waals surface area contributed by atoms with Gasteiger partial charge in [-0.1, -0.05) is 19.0 Å². The van der Waals surface area contributed by atoms with Crippen LogP contribution < -0.4 is 5.32 Å². The number of thioether (sulfide) groups is 1. The summed E-state index contributed by atoms with van der Waals surface area (Å²) in [7, 11) is 0. The monoisotopic (exact) mass is 297 g/mol. The van der Waals surface area contributed by atoms with Crippen molar-refractivity contribution in [2.24, 2.45) is 5.92 Å². The van der Waals surface area contributed by atoms with E-state index >= 15 is 0 Å². The standard InChI is InChI=1S/C14H23N3O2S/c1-14(2,10-4-3-5-15-8-10)13-16-12(17-19-13)11-9-20-7-6-18-11/h10-11,15H,3-9H2,1-2H3. The molecule has 2 atom stereocenters. The number of nitrogens with zero attached hydrogens (tertiary/aromatic N) is 2. The van der Waals surface area contributed by atoms with Crippen molar-refractivity contribution in [3.05, 3.63) is 11.7 Å². The van der Waals surface area contributed by atoms with Crippen LogP contribution in [0.25, 0.3) is 0 Å². The molecule has 2 aliphatic heterocycles. The summed E-state index contributed by atoms with van der Waals surface area (Å²) in [5.41, 5.74) is -0.0829. The zero-order chi connectivity index (χ0) is 14.0. The number of ether oxygens (including phenoxy) is 1. The van der Waals surface area contributed by atoms with E-state index in [9.17, 15) is 0 Å². The van der Waals surface area contributed by atoms with Crippen molar-refractivity contribution < 1.29 is 9.26 Å². The molecule has 2 unspecified atom stereocenters. The summed E-state index contributed by atoms with van der Waals surface area (Å²) < 4.78 is 11.3. The van der Waals surface area contributed by atoms with E-state index in [0.29, 0.717) is 11.7 Å². The maximum absolute atomic E-state index is 5.72. The highest BCUT2D eigenvalue weighted by atomic mass is 32.2. The second kappa shape index (κ2) is 6.03. The van der Waals surface area contributed by atoms with Gasteiger partial charge in [-0.2, -0.15) is 16.7 Å². The highest BCUT2D eigenvalue weighted by molar-refractivity contribution is 7.99. The Hall–Kier alpha value is -0.590. The van der Waals surface area contributed by atoms with Gasteiger partial charge in [0.25, 0.3) is 0 Å². The predicted octanol–water partition coefficient (Wildman–Crippen LogP) is 2.15. The van der Waals surface area contributed by atoms with E-state index < -0.39 is 0 Å². The van der Waals surface area contributed by atoms with E-state index in [0.717, 1.165) is 37.1 Å². The summed E-state index contributed by atoms with van der Waals surface area (Å²) in [6.45, 7) is 7.33. The number of rotatable bonds is 3. The number of aromatic nitrogens is 2. The van der Waals surface area contributed by atoms with Gasteiger partial charge in [0, 0.05) is 16.9 Å². The third-order valence-electron chi connectivity index (χ3n) is 4.41. The molecule has 0 spiro atoms. The lowest BCUT2D eigenvalue weighted by Gasteiger charge is -2.34. The van der Waals surface area contributed by atoms with Crippen LogP contribution in [0, 0.1) is 5.92 Å². The zero-order valence-electron chi connectivity index (χ0n) is 12.2. The second-order valence-electron chi connectivity index (χ2n) is 6.16. The van der Waals surface area contributed by atoms with Gasteiger partial charge in [-0.25, -0.2) is 0 Å². The number of hydrogen-bond donors (Lipinski definition) is 1. The van der Waals surface area contributed by atoms with Gasteiger partial charge in [0.15, 0.2) is 0 Å². The first-order valence-corrected chi connectivity index (χ1v) is 8.57. The van der Waals surface area contributed by atoms with Crippen LogP contribution in [-0.2, 0) is 10.2 Å². The molecule has 0 radical (unpaired) electrons. The molecule has 1 aromatic heterocycles. The van der Waals surface area contributed by atoms with Crippen molar-refractivity contribution in [1.29, 1.82) is 0 Å². The fourth-order valence-corrected chi connectivity index (χ4v) is 3.75. The molecule has 2 aliphatic rings. The molecule has 20 heavy (non-hydrogen) atoms. The van der Waals surface area contributed by atoms with Gasteiger partial charge in [-0.3, -0.25) is 0 Å². The van der Waals surface area contributed by atoms with E-state index in [1.165, 1.54) is 12.8 Å². The molecule has 0 bridgehead atoms. The molecule has 0 amide bonds. The van der Waals surface area contributed by atoms with Crippen molar-refractivity contribution in [3.63, 3.8) is 0 Å². The van der Waals surface area contributed by atoms with Crippen molar-refractivity contribution >= 4 is 11.8 Å². The first-order valence-electron chi connectivity index (χ1n) is 7.42. The van der Waals surface area contributed by atoms with Gasteiger partial charge in [-0.15, -0.1) is 0 Å². The largest absolute Gasteiger partial charge is 0.368 e. The van der Waals surface area contributed by atoms with Crippen LogP contribution in [0.3, 0.4) is 0 Å². The maximum atomic E-state index is 5.72. The SMILES string of the molecule is CC(C)(c1nc(C2CSCCO2)no1)C1CCCNC1. The van der Waals surface area contributed by atoms with Crippen molar-refractivity contribution in [1.82, 2.24) is 15.5 Å². The fourth-order valence-electron chi connectivity index (χ4n) is 2.91. The minimum absolute atomic E-state index is 0.00784. The topological polar surface area (TPSA) is 60.2 Å². The Balaban J connectivity index is 1.74. The maximum Gasteiger partial charge on any atom is 0.232 e. The first kappa shape index (κ1) is 14.4. The molecule has 0 saturated carbocycles. The molecule has 1 N–H and O–H groups in total. The molecule has 1 aromatic rings. The van der Waals surface area contributed by atoms with Crippen LogP contribution in [0.15, 0.2) is 4.52 Å². The number of nitrogens with one attached hydrogen (secondary N) is 1. The van der Waals surface area contributed by atoms with Crippen molar-refractivity contribution in [2.45, 2.75) is 38.2 Å². The minimum Gasteiger partial charge on any atom is -0.368 e. The van der Waals surface area contributed by atoms with Gasteiger partial charge < -0.3 is 14.6 Å². The molecule has 2 saturated heterocycles. The Labute approximate surface area is 124 Å². The van der Waals surface area contributed by atoms with E-state index in [-0.39, 0.29) is 11.5 Å². The smallest absolute Gasteiger partial charge is 0.232 e. The molecular weight excluding hydrogens is 274 g/mol. The molecule has 2 fully saturated rings. The van der Waals surface area contributed by atoms with Crippen LogP contribution >= 0.6 is 11.8 Å². The molecule has 5 nitrogen and oxygen atoms in total. The summed E-state index contributed by atoms with van der Waals surface area (Å²) in [4.78, 5) is 4.64. The van der Waals surface area contributed by atoms with Crippen molar-refractivity contribution in [3.8, 4) is 0 Å². The van der Waals surface area contributed by atoms with Crippen LogP contribution in [0.5, 0.6) is 0 Å². The highest BCUT2D eigenvalue weighted by Crippen LogP contribution is 2.35. The number of hydrogen-bond acceptors (Lipinski definition) is 6. The van der Waals surface area contributed by atoms with Crippen molar-refractivity contribution in [2.75, 3.05) is 31.2 Å². The van der Waals surface area contributed by atoms with Crippen LogP contribution in [0.1, 0.15) is 44.5 Å². The lowest BCUT2D eigenvalue weighted by molar-refractivity contribution is 0.0677. The molecule has 112 valence electrons. The summed E-state index contributed by atoms with van der Waals surface area (Å²) in [5.74, 6) is 3.99. The van der Waals surface area contributed by atoms with Gasteiger partial charge in [-0.05, 0) is 31.8 Å². The molecule has 3 heterocycles. The summed E-state index contributed by atoms with van der Waals surface area (Å²) in [6, 6.07) is 0. The minimum atomic E-state index is -0.0829. The third kappa shape index (κ3) is 2.87. The second-order valence-corrected chi connectivity index (χ2v) is 7.31. The average molecular weight is 297 g/mol. The van der Waals surface area contributed by atoms with E-state index in [2.05, 4.69) is 29.3 Å². The Morgan fingerprint density at radius 1 is 1.40 bits per heavy atom. The van der Waals surface area contributed by atoms with Crippen LogP contribution in [0.2, 0.25) is 0 Å². The van der Waals surface area contributed by atoms with E-state index in [1.807, 2.05) is 11.8 Å². The first-order chi connectivity index (χ1) is 9.68. The van der Waals surface area contributed by atoms with Gasteiger partial charge in [0.2, 0.25) is 11.7 Å². The Morgan fingerprint density at radius 3 is 3.00 bits per heavy atom. The Morgan fingerprint density at radius 2 is 2.30 bits per heavy atom.